The summed E-state index contributed by atoms with van der Waals surface area (Å²) in [5, 5.41) is 23.3. The first-order valence-corrected chi connectivity index (χ1v) is 5.61. The third kappa shape index (κ3) is 3.88. The van der Waals surface area contributed by atoms with Crippen LogP contribution in [0.4, 0.5) is 4.79 Å². The van der Waals surface area contributed by atoms with Crippen LogP contribution in [0.1, 0.15) is 13.3 Å². The van der Waals surface area contributed by atoms with Gasteiger partial charge in [0, 0.05) is 33.0 Å². The van der Waals surface area contributed by atoms with E-state index in [0.29, 0.717) is 0 Å². The number of urea groups is 1. The number of likely N-dealkylation sites (tertiary alicyclic amines) is 1. The number of hydrogen-bond donors (Lipinski definition) is 4. The van der Waals surface area contributed by atoms with E-state index in [-0.39, 0.29) is 32.0 Å². The van der Waals surface area contributed by atoms with Crippen LogP contribution in [0.5, 0.6) is 0 Å². The summed E-state index contributed by atoms with van der Waals surface area (Å²) in [6, 6.07) is -1.55. The molecule has 0 aromatic rings. The van der Waals surface area contributed by atoms with Crippen molar-refractivity contribution in [1.29, 1.82) is 0 Å². The average molecular weight is 259 g/mol. The van der Waals surface area contributed by atoms with Gasteiger partial charge < -0.3 is 25.7 Å². The van der Waals surface area contributed by atoms with Crippen molar-refractivity contribution in [2.45, 2.75) is 25.5 Å². The van der Waals surface area contributed by atoms with E-state index in [0.717, 1.165) is 4.90 Å². The van der Waals surface area contributed by atoms with Gasteiger partial charge in [0.15, 0.2) is 0 Å². The summed E-state index contributed by atoms with van der Waals surface area (Å²) in [4.78, 5) is 34.2. The summed E-state index contributed by atoms with van der Waals surface area (Å²) in [6.07, 6.45) is -0.777. The van der Waals surface area contributed by atoms with E-state index in [1.54, 1.807) is 0 Å². The molecule has 0 aromatic carbocycles. The first-order chi connectivity index (χ1) is 8.41. The van der Waals surface area contributed by atoms with Crippen LogP contribution in [-0.4, -0.2) is 64.8 Å². The lowest BCUT2D eigenvalue weighted by molar-refractivity contribution is -0.141. The normalized spacial score (nSPS) is 22.7. The number of aliphatic hydroxyl groups excluding tert-OH is 1. The van der Waals surface area contributed by atoms with E-state index in [1.165, 1.54) is 6.92 Å². The summed E-state index contributed by atoms with van der Waals surface area (Å²) in [5.74, 6) is -1.34. The molecule has 3 amide bonds. The van der Waals surface area contributed by atoms with Gasteiger partial charge in [0.2, 0.25) is 5.91 Å². The van der Waals surface area contributed by atoms with E-state index in [4.69, 9.17) is 5.11 Å². The minimum atomic E-state index is -1.14. The summed E-state index contributed by atoms with van der Waals surface area (Å²) >= 11 is 0. The molecule has 0 radical (unpaired) electrons. The van der Waals surface area contributed by atoms with Gasteiger partial charge in [-0.2, -0.15) is 0 Å². The zero-order chi connectivity index (χ0) is 13.7. The van der Waals surface area contributed by atoms with Crippen LogP contribution < -0.4 is 10.6 Å². The predicted octanol–water partition coefficient (Wildman–Crippen LogP) is -1.65. The molecule has 102 valence electrons. The van der Waals surface area contributed by atoms with Crippen LogP contribution in [0, 0.1) is 0 Å². The highest BCUT2D eigenvalue weighted by Gasteiger charge is 2.38. The monoisotopic (exact) mass is 259 g/mol. The molecular formula is C10H17N3O5. The van der Waals surface area contributed by atoms with Crippen molar-refractivity contribution >= 4 is 17.9 Å². The van der Waals surface area contributed by atoms with Gasteiger partial charge >= 0.3 is 12.0 Å². The highest BCUT2D eigenvalue weighted by molar-refractivity contribution is 5.83. The van der Waals surface area contributed by atoms with Gasteiger partial charge in [0.25, 0.3) is 0 Å². The van der Waals surface area contributed by atoms with Crippen LogP contribution in [0.15, 0.2) is 0 Å². The Labute approximate surface area is 104 Å². The zero-order valence-corrected chi connectivity index (χ0v) is 10.0. The molecule has 1 fully saturated rings. The Balaban J connectivity index is 2.40. The minimum Gasteiger partial charge on any atom is -0.480 e. The molecule has 8 heteroatoms. The van der Waals surface area contributed by atoms with E-state index in [1.807, 2.05) is 0 Å². The van der Waals surface area contributed by atoms with Gasteiger partial charge in [0.05, 0.1) is 6.10 Å². The van der Waals surface area contributed by atoms with Crippen LogP contribution >= 0.6 is 0 Å². The fourth-order valence-electron chi connectivity index (χ4n) is 1.78. The van der Waals surface area contributed by atoms with E-state index in [2.05, 4.69) is 10.6 Å². The van der Waals surface area contributed by atoms with Crippen LogP contribution in [0.3, 0.4) is 0 Å². The Hall–Kier alpha value is -1.83. The molecule has 0 aromatic heterocycles. The van der Waals surface area contributed by atoms with Crippen LogP contribution in [0.2, 0.25) is 0 Å². The largest absolute Gasteiger partial charge is 0.480 e. The molecule has 1 aliphatic heterocycles. The number of aliphatic hydroxyl groups is 1. The molecule has 0 saturated carbocycles. The highest BCUT2D eigenvalue weighted by atomic mass is 16.4. The topological polar surface area (TPSA) is 119 Å². The maximum Gasteiger partial charge on any atom is 0.326 e. The number of β-amino-alcohol motifs (C(OH)–C–C–N with tert-alkyl or cyclic N) is 1. The molecule has 2 atom stereocenters. The van der Waals surface area contributed by atoms with Crippen molar-refractivity contribution < 1.29 is 24.6 Å². The van der Waals surface area contributed by atoms with E-state index in [9.17, 15) is 19.5 Å². The third-order valence-electron chi connectivity index (χ3n) is 2.60. The number of nitrogens with one attached hydrogen (secondary N) is 2. The van der Waals surface area contributed by atoms with Crippen LogP contribution in [0.25, 0.3) is 0 Å². The lowest BCUT2D eigenvalue weighted by Gasteiger charge is -2.21. The molecule has 0 aliphatic carbocycles. The Kier molecular flexibility index (Phi) is 4.90. The van der Waals surface area contributed by atoms with Gasteiger partial charge in [-0.1, -0.05) is 0 Å². The summed E-state index contributed by atoms with van der Waals surface area (Å²) in [5.41, 5.74) is 0. The molecule has 0 bridgehead atoms. The quantitative estimate of drug-likeness (QED) is 0.451. The van der Waals surface area contributed by atoms with Gasteiger partial charge in [-0.3, -0.25) is 4.79 Å². The SMILES string of the molecule is CC(=O)NCCNC(=O)N1CC(O)C[C@H]1C(=O)O. The van der Waals surface area contributed by atoms with Gasteiger partial charge in [0.1, 0.15) is 6.04 Å². The zero-order valence-electron chi connectivity index (χ0n) is 10.0. The lowest BCUT2D eigenvalue weighted by Crippen LogP contribution is -2.47. The van der Waals surface area contributed by atoms with Crippen molar-refractivity contribution in [1.82, 2.24) is 15.5 Å². The van der Waals surface area contributed by atoms with Gasteiger partial charge in [-0.05, 0) is 0 Å². The summed E-state index contributed by atoms with van der Waals surface area (Å²) < 4.78 is 0. The van der Waals surface area contributed by atoms with Crippen molar-refractivity contribution in [3.63, 3.8) is 0 Å². The first-order valence-electron chi connectivity index (χ1n) is 5.61. The minimum absolute atomic E-state index is 0.00291. The Bertz CT molecular complexity index is 346. The summed E-state index contributed by atoms with van der Waals surface area (Å²) in [7, 11) is 0. The summed E-state index contributed by atoms with van der Waals surface area (Å²) in [6.45, 7) is 1.84. The Morgan fingerprint density at radius 1 is 1.28 bits per heavy atom. The second-order valence-electron chi connectivity index (χ2n) is 4.11. The first kappa shape index (κ1) is 14.2. The Morgan fingerprint density at radius 3 is 2.44 bits per heavy atom. The number of carboxylic acids is 1. The van der Waals surface area contributed by atoms with Crippen molar-refractivity contribution in [2.75, 3.05) is 19.6 Å². The molecule has 1 rings (SSSR count). The third-order valence-corrected chi connectivity index (χ3v) is 2.60. The number of hydrogen-bond acceptors (Lipinski definition) is 4. The van der Waals surface area contributed by atoms with Crippen LogP contribution in [-0.2, 0) is 9.59 Å². The molecule has 1 heterocycles. The highest BCUT2D eigenvalue weighted by Crippen LogP contribution is 2.17. The smallest absolute Gasteiger partial charge is 0.326 e. The number of carbonyl (C=O) groups excluding carboxylic acids is 2. The fourth-order valence-corrected chi connectivity index (χ4v) is 1.78. The maximum atomic E-state index is 11.7. The average Bonchev–Trinajstić information content (AvgIpc) is 2.66. The molecule has 18 heavy (non-hydrogen) atoms. The van der Waals surface area contributed by atoms with Gasteiger partial charge in [-0.15, -0.1) is 0 Å². The molecule has 1 aliphatic rings. The van der Waals surface area contributed by atoms with E-state index < -0.39 is 24.1 Å². The molecular weight excluding hydrogens is 242 g/mol. The number of carboxylic acid groups (broad SMARTS) is 1. The van der Waals surface area contributed by atoms with Crippen molar-refractivity contribution in [3.8, 4) is 0 Å². The Morgan fingerprint density at radius 2 is 1.89 bits per heavy atom. The second kappa shape index (κ2) is 6.20. The fraction of sp³-hybridized carbons (Fsp3) is 0.700. The van der Waals surface area contributed by atoms with Gasteiger partial charge in [-0.25, -0.2) is 9.59 Å². The van der Waals surface area contributed by atoms with Crippen molar-refractivity contribution in [3.05, 3.63) is 0 Å². The number of aliphatic carboxylic acids is 1. The molecule has 1 saturated heterocycles. The maximum absolute atomic E-state index is 11.7. The molecule has 8 nitrogen and oxygen atoms in total. The number of carbonyl (C=O) groups is 3. The number of rotatable bonds is 4. The standard InChI is InChI=1S/C10H17N3O5/c1-6(14)11-2-3-12-10(18)13-5-7(15)4-8(13)9(16)17/h7-8,15H,2-5H2,1H3,(H,11,14)(H,12,18)(H,16,17)/t7?,8-/m0/s1. The van der Waals surface area contributed by atoms with E-state index >= 15 is 0 Å². The second-order valence-corrected chi connectivity index (χ2v) is 4.11. The number of amides is 3. The van der Waals surface area contributed by atoms with Crippen molar-refractivity contribution in [2.24, 2.45) is 0 Å². The molecule has 0 spiro atoms. The molecule has 1 unspecified atom stereocenters. The lowest BCUT2D eigenvalue weighted by atomic mass is 10.2. The molecule has 4 N–H and O–H groups in total. The predicted molar refractivity (Wildman–Crippen MR) is 60.8 cm³/mol. The number of nitrogens with zero attached hydrogens (tertiary/aromatic N) is 1.